The Morgan fingerprint density at radius 3 is 0.818 bits per heavy atom. The second kappa shape index (κ2) is 158. The third-order valence-electron chi connectivity index (χ3n) is 0. The summed E-state index contributed by atoms with van der Waals surface area (Å²) in [7, 11) is 0. The minimum absolute atomic E-state index is 0. The maximum absolute atomic E-state index is 8.58. The summed E-state index contributed by atoms with van der Waals surface area (Å²) in [5, 5.41) is 0. The normalized spacial score (nSPS) is 1.36. The molecule has 0 aromatic carbocycles. The van der Waals surface area contributed by atoms with Gasteiger partial charge in [0.05, 0.1) is 0 Å². The molecule has 9 nitrogen and oxygen atoms in total. The monoisotopic (exact) mass is 438 g/mol. The van der Waals surface area contributed by atoms with E-state index in [4.69, 9.17) is 3.37 Å². The number of hydrogen-bond donors (Lipinski definition) is 0. The topological polar surface area (TPSA) is 246 Å². The molecule has 11 heteroatoms. The molecule has 0 aromatic heterocycles. The summed E-state index contributed by atoms with van der Waals surface area (Å²) in [4.78, 5) is 0. The first-order valence-corrected chi connectivity index (χ1v) is 5.24. The van der Waals surface area contributed by atoms with E-state index in [0.29, 0.717) is 0 Å². The summed E-state index contributed by atoms with van der Waals surface area (Å²) in [5.41, 5.74) is 0. The van der Waals surface area contributed by atoms with E-state index in [9.17, 15) is 0 Å². The van der Waals surface area contributed by atoms with E-state index in [1.165, 1.54) is 0 Å². The van der Waals surface area contributed by atoms with Crippen LogP contribution in [0.15, 0.2) is 0 Å². The predicted molar refractivity (Wildman–Crippen MR) is 23.1 cm³/mol. The van der Waals surface area contributed by atoms with Crippen LogP contribution in [0.3, 0.4) is 0 Å². The summed E-state index contributed by atoms with van der Waals surface area (Å²) in [6.45, 7) is 0. The second-order valence-corrected chi connectivity index (χ2v) is 0.714. The van der Waals surface area contributed by atoms with Crippen molar-refractivity contribution in [3.63, 3.8) is 0 Å². The first-order valence-electron chi connectivity index (χ1n) is 0.707. The van der Waals surface area contributed by atoms with Gasteiger partial charge in [0.15, 0.2) is 0 Å². The zero-order valence-electron chi connectivity index (χ0n) is 5.38. The van der Waals surface area contributed by atoms with Crippen LogP contribution in [-0.2, 0) is 1.99 Å². The Labute approximate surface area is 111 Å². The Hall–Kier alpha value is 2.05. The van der Waals surface area contributed by atoms with Gasteiger partial charge >= 0.3 is 80.5 Å². The zero-order chi connectivity index (χ0) is 4.71. The van der Waals surface area contributed by atoms with Crippen LogP contribution in [0.5, 0.6) is 0 Å². The van der Waals surface area contributed by atoms with E-state index in [1.807, 2.05) is 0 Å². The van der Waals surface area contributed by atoms with E-state index in [0.717, 1.165) is 0 Å². The first kappa shape index (κ1) is 74.3. The molecule has 12 N–H and O–H groups in total. The molecule has 0 bridgehead atoms. The van der Waals surface area contributed by atoms with Crippen molar-refractivity contribution in [2.45, 2.75) is 0 Å². The van der Waals surface area contributed by atoms with Gasteiger partial charge in [-0.15, -0.1) is 0 Å². The van der Waals surface area contributed by atoms with Gasteiger partial charge in [-0.3, -0.25) is 0 Å². The van der Waals surface area contributed by atoms with E-state index in [-0.39, 0.29) is 72.2 Å². The van der Waals surface area contributed by atoms with Gasteiger partial charge in [-0.25, -0.2) is 0 Å². The fourth-order valence-corrected chi connectivity index (χ4v) is 0. The summed E-state index contributed by atoms with van der Waals surface area (Å²) in [6.07, 6.45) is 0. The van der Waals surface area contributed by atoms with Crippen LogP contribution in [0.4, 0.5) is 0 Å². The first-order chi connectivity index (χ1) is 2.41. The standard InChI is InChI=1S/6H2O.3O.2Pr/h6*1H2;;;;;/q;;;;;;;;-1;;+1. The molecule has 0 fully saturated rings. The van der Waals surface area contributed by atoms with Gasteiger partial charge < -0.3 is 32.9 Å². The van der Waals surface area contributed by atoms with E-state index in [2.05, 4.69) is 0 Å². The summed E-state index contributed by atoms with van der Waals surface area (Å²) < 4.78 is 25.6. The summed E-state index contributed by atoms with van der Waals surface area (Å²) in [5.74, 6) is 0. The average molecular weight is 438 g/mol. The SMILES string of the molecule is O.O.O.O.O.O.[O]=[Pr+].[O]=[Pr][O-]. The second-order valence-electron chi connectivity index (χ2n) is 0.0962. The molecule has 0 saturated carbocycles. The summed E-state index contributed by atoms with van der Waals surface area (Å²) >= 11 is -2.58. The molecule has 0 unspecified atom stereocenters. The molecule has 0 aliphatic heterocycles. The molecule has 0 radical (unpaired) electrons. The van der Waals surface area contributed by atoms with Gasteiger partial charge in [0, 0.05) is 0 Å². The van der Waals surface area contributed by atoms with E-state index in [1.54, 1.807) is 0 Å². The van der Waals surface area contributed by atoms with E-state index >= 15 is 0 Å². The van der Waals surface area contributed by atoms with Crippen LogP contribution in [0.2, 0.25) is 0 Å². The molecule has 0 aromatic rings. The van der Waals surface area contributed by atoms with Crippen LogP contribution >= 0.6 is 0 Å². The van der Waals surface area contributed by atoms with Crippen molar-refractivity contribution in [3.8, 4) is 0 Å². The molecular weight excluding hydrogens is 426 g/mol. The quantitative estimate of drug-likeness (QED) is 0.358. The Morgan fingerprint density at radius 1 is 0.818 bits per heavy atom. The Kier molecular flexibility index (Phi) is 1070. The zero-order valence-corrected chi connectivity index (χ0v) is 12.8. The van der Waals surface area contributed by atoms with Crippen molar-refractivity contribution in [2.75, 3.05) is 0 Å². The molecule has 0 aliphatic rings. The van der Waals surface area contributed by atoms with Crippen LogP contribution in [-0.4, -0.2) is 32.9 Å². The number of hydrogen-bond acceptors (Lipinski definition) is 3. The Balaban J connectivity index is -0.00000000181. The molecular formula is H12O9Pr2. The molecule has 0 amide bonds. The van der Waals surface area contributed by atoms with Gasteiger partial charge in [-0.1, -0.05) is 0 Å². The molecule has 0 heterocycles. The van der Waals surface area contributed by atoms with E-state index < -0.39 is 37.8 Å². The van der Waals surface area contributed by atoms with Crippen molar-refractivity contribution >= 4 is 0 Å². The van der Waals surface area contributed by atoms with Crippen molar-refractivity contribution < 1.29 is 113 Å². The summed E-state index contributed by atoms with van der Waals surface area (Å²) in [6, 6.07) is 0. The fraction of sp³-hybridized carbons (Fsp3) is 0. The van der Waals surface area contributed by atoms with Gasteiger partial charge in [0.2, 0.25) is 0 Å². The molecule has 0 atom stereocenters. The molecule has 0 saturated heterocycles. The Bertz CT molecular complexity index is 21.5. The number of rotatable bonds is 0. The molecule has 0 rings (SSSR count). The predicted octanol–water partition coefficient (Wildman–Crippen LogP) is -6.37. The van der Waals surface area contributed by atoms with Crippen molar-refractivity contribution in [3.05, 3.63) is 0 Å². The molecule has 72 valence electrons. The molecule has 11 heavy (non-hydrogen) atoms. The third-order valence-corrected chi connectivity index (χ3v) is 0. The van der Waals surface area contributed by atoms with Crippen LogP contribution in [0, 0.1) is 77.2 Å². The van der Waals surface area contributed by atoms with Gasteiger partial charge in [0.25, 0.3) is 0 Å². The van der Waals surface area contributed by atoms with Crippen LogP contribution in [0.25, 0.3) is 0 Å². The van der Waals surface area contributed by atoms with Gasteiger partial charge in [0.1, 0.15) is 0 Å². The Morgan fingerprint density at radius 2 is 0.818 bits per heavy atom. The van der Waals surface area contributed by atoms with Crippen LogP contribution in [0.1, 0.15) is 0 Å². The van der Waals surface area contributed by atoms with Crippen molar-refractivity contribution in [1.29, 1.82) is 0 Å². The van der Waals surface area contributed by atoms with Crippen LogP contribution < -0.4 is 1.38 Å². The third kappa shape index (κ3) is 290. The van der Waals surface area contributed by atoms with Gasteiger partial charge in [-0.2, -0.15) is 0 Å². The maximum atomic E-state index is 8.58. The van der Waals surface area contributed by atoms with Crippen molar-refractivity contribution in [2.24, 2.45) is 0 Å². The average Bonchev–Trinajstić information content (AvgIpc) is 1.46. The fourth-order valence-electron chi connectivity index (χ4n) is 0. The van der Waals surface area contributed by atoms with Crippen molar-refractivity contribution in [1.82, 2.24) is 0 Å². The molecule has 0 spiro atoms. The van der Waals surface area contributed by atoms with Gasteiger partial charge in [-0.05, 0) is 0 Å². The minimum atomic E-state index is -2.50. The molecule has 0 aliphatic carbocycles.